The Morgan fingerprint density at radius 1 is 1.41 bits per heavy atom. The molecule has 1 aromatic carbocycles. The van der Waals surface area contributed by atoms with E-state index in [1.807, 2.05) is 42.3 Å². The van der Waals surface area contributed by atoms with Crippen LogP contribution in [0.2, 0.25) is 0 Å². The lowest BCUT2D eigenvalue weighted by atomic mass is 10.2. The lowest BCUT2D eigenvalue weighted by molar-refractivity contribution is -0.128. The van der Waals surface area contributed by atoms with Gasteiger partial charge in [0, 0.05) is 6.04 Å². The number of hydrazine groups is 1. The standard InChI is InChI=1S/C13H19N3O/c1-10(14)9-15-13(17)8-11(2)16(15)12-6-4-3-5-7-12/h3-7,10-11H,8-9,14H2,1-2H3. The zero-order valence-electron chi connectivity index (χ0n) is 10.3. The van der Waals surface area contributed by atoms with E-state index in [4.69, 9.17) is 5.73 Å². The van der Waals surface area contributed by atoms with E-state index in [0.29, 0.717) is 13.0 Å². The molecule has 4 heteroatoms. The van der Waals surface area contributed by atoms with E-state index in [-0.39, 0.29) is 18.0 Å². The van der Waals surface area contributed by atoms with Crippen molar-refractivity contribution in [3.63, 3.8) is 0 Å². The molecule has 1 heterocycles. The van der Waals surface area contributed by atoms with Crippen molar-refractivity contribution in [3.8, 4) is 0 Å². The number of benzene rings is 1. The summed E-state index contributed by atoms with van der Waals surface area (Å²) in [5.74, 6) is 0.152. The quantitative estimate of drug-likeness (QED) is 0.858. The van der Waals surface area contributed by atoms with Crippen molar-refractivity contribution in [3.05, 3.63) is 30.3 Å². The van der Waals surface area contributed by atoms with Gasteiger partial charge >= 0.3 is 0 Å². The number of amides is 1. The summed E-state index contributed by atoms with van der Waals surface area (Å²) >= 11 is 0. The van der Waals surface area contributed by atoms with Crippen molar-refractivity contribution < 1.29 is 4.79 Å². The third kappa shape index (κ3) is 2.42. The fourth-order valence-corrected chi connectivity index (χ4v) is 2.24. The van der Waals surface area contributed by atoms with Gasteiger partial charge in [0.2, 0.25) is 5.91 Å². The molecule has 0 aromatic heterocycles. The number of rotatable bonds is 3. The Labute approximate surface area is 102 Å². The average molecular weight is 233 g/mol. The maximum Gasteiger partial charge on any atom is 0.243 e. The van der Waals surface area contributed by atoms with Crippen molar-refractivity contribution in [2.75, 3.05) is 11.6 Å². The molecular weight excluding hydrogens is 214 g/mol. The minimum atomic E-state index is -0.0181. The minimum absolute atomic E-state index is 0.0181. The largest absolute Gasteiger partial charge is 0.326 e. The highest BCUT2D eigenvalue weighted by Crippen LogP contribution is 2.26. The molecule has 1 fully saturated rings. The van der Waals surface area contributed by atoms with Gasteiger partial charge in [0.15, 0.2) is 0 Å². The van der Waals surface area contributed by atoms with E-state index in [2.05, 4.69) is 6.92 Å². The number of para-hydroxylation sites is 1. The molecule has 0 radical (unpaired) electrons. The SMILES string of the molecule is CC(N)CN1C(=O)CC(C)N1c1ccccc1. The Kier molecular flexibility index (Phi) is 3.33. The first-order chi connectivity index (χ1) is 8.09. The monoisotopic (exact) mass is 233 g/mol. The molecule has 2 rings (SSSR count). The Bertz CT molecular complexity index is 391. The maximum absolute atomic E-state index is 11.9. The van der Waals surface area contributed by atoms with Gasteiger partial charge in [-0.3, -0.25) is 14.8 Å². The molecule has 2 N–H and O–H groups in total. The van der Waals surface area contributed by atoms with Crippen LogP contribution in [0.3, 0.4) is 0 Å². The Hall–Kier alpha value is -1.55. The second kappa shape index (κ2) is 4.75. The summed E-state index contributed by atoms with van der Waals surface area (Å²) in [5, 5.41) is 3.82. The molecule has 1 saturated heterocycles. The fourth-order valence-electron chi connectivity index (χ4n) is 2.24. The lowest BCUT2D eigenvalue weighted by Crippen LogP contribution is -2.47. The molecule has 4 nitrogen and oxygen atoms in total. The third-order valence-electron chi connectivity index (χ3n) is 2.92. The number of anilines is 1. The van der Waals surface area contributed by atoms with Crippen molar-refractivity contribution in [2.24, 2.45) is 5.73 Å². The highest BCUT2D eigenvalue weighted by Gasteiger charge is 2.35. The summed E-state index contributed by atoms with van der Waals surface area (Å²) in [6.07, 6.45) is 0.557. The van der Waals surface area contributed by atoms with Crippen molar-refractivity contribution in [1.82, 2.24) is 5.01 Å². The number of hydrogen-bond donors (Lipinski definition) is 1. The predicted molar refractivity (Wildman–Crippen MR) is 68.4 cm³/mol. The third-order valence-corrected chi connectivity index (χ3v) is 2.92. The molecule has 0 bridgehead atoms. The van der Waals surface area contributed by atoms with E-state index in [1.54, 1.807) is 5.01 Å². The predicted octanol–water partition coefficient (Wildman–Crippen LogP) is 1.38. The van der Waals surface area contributed by atoms with Crippen LogP contribution in [-0.2, 0) is 4.79 Å². The zero-order chi connectivity index (χ0) is 12.4. The highest BCUT2D eigenvalue weighted by molar-refractivity contribution is 5.82. The number of carbonyl (C=O) groups excluding carboxylic acids is 1. The first-order valence-electron chi connectivity index (χ1n) is 5.99. The van der Waals surface area contributed by atoms with Crippen LogP contribution in [0, 0.1) is 0 Å². The molecule has 0 spiro atoms. The summed E-state index contributed by atoms with van der Waals surface area (Å²) in [6.45, 7) is 4.55. The first kappa shape index (κ1) is 11.9. The molecule has 1 aliphatic heterocycles. The van der Waals surface area contributed by atoms with E-state index >= 15 is 0 Å². The molecule has 1 aliphatic rings. The van der Waals surface area contributed by atoms with Crippen LogP contribution in [0.4, 0.5) is 5.69 Å². The molecule has 1 aromatic rings. The van der Waals surface area contributed by atoms with Crippen molar-refractivity contribution in [1.29, 1.82) is 0 Å². The number of nitrogens with two attached hydrogens (primary N) is 1. The van der Waals surface area contributed by atoms with Gasteiger partial charge in [0.25, 0.3) is 0 Å². The molecule has 0 saturated carbocycles. The summed E-state index contributed by atoms with van der Waals surface area (Å²) in [4.78, 5) is 11.9. The summed E-state index contributed by atoms with van der Waals surface area (Å²) in [5.41, 5.74) is 6.85. The fraction of sp³-hybridized carbons (Fsp3) is 0.462. The number of carbonyl (C=O) groups is 1. The first-order valence-corrected chi connectivity index (χ1v) is 5.99. The van der Waals surface area contributed by atoms with E-state index in [0.717, 1.165) is 5.69 Å². The number of nitrogens with zero attached hydrogens (tertiary/aromatic N) is 2. The second-order valence-corrected chi connectivity index (χ2v) is 4.69. The Balaban J connectivity index is 2.26. The van der Waals surface area contributed by atoms with Gasteiger partial charge in [0.05, 0.1) is 24.7 Å². The smallest absolute Gasteiger partial charge is 0.243 e. The number of hydrogen-bond acceptors (Lipinski definition) is 3. The molecule has 2 unspecified atom stereocenters. The van der Waals surface area contributed by atoms with Crippen LogP contribution in [-0.4, -0.2) is 29.5 Å². The molecule has 1 amide bonds. The summed E-state index contributed by atoms with van der Waals surface area (Å²) in [6, 6.07) is 10.2. The van der Waals surface area contributed by atoms with Gasteiger partial charge in [-0.15, -0.1) is 0 Å². The van der Waals surface area contributed by atoms with E-state index < -0.39 is 0 Å². The van der Waals surface area contributed by atoms with Gasteiger partial charge in [0.1, 0.15) is 0 Å². The zero-order valence-corrected chi connectivity index (χ0v) is 10.3. The summed E-state index contributed by atoms with van der Waals surface area (Å²) in [7, 11) is 0. The van der Waals surface area contributed by atoms with Crippen LogP contribution in [0.15, 0.2) is 30.3 Å². The average Bonchev–Trinajstić information content (AvgIpc) is 2.54. The molecular formula is C13H19N3O. The van der Waals surface area contributed by atoms with Crippen molar-refractivity contribution in [2.45, 2.75) is 32.4 Å². The summed E-state index contributed by atoms with van der Waals surface area (Å²) < 4.78 is 0. The van der Waals surface area contributed by atoms with Gasteiger partial charge in [-0.2, -0.15) is 0 Å². The highest BCUT2D eigenvalue weighted by atomic mass is 16.2. The molecule has 17 heavy (non-hydrogen) atoms. The van der Waals surface area contributed by atoms with Crippen LogP contribution in [0.25, 0.3) is 0 Å². The topological polar surface area (TPSA) is 49.6 Å². The Morgan fingerprint density at radius 2 is 2.06 bits per heavy atom. The van der Waals surface area contributed by atoms with Crippen LogP contribution >= 0.6 is 0 Å². The second-order valence-electron chi connectivity index (χ2n) is 4.69. The van der Waals surface area contributed by atoms with Gasteiger partial charge in [-0.25, -0.2) is 0 Å². The lowest BCUT2D eigenvalue weighted by Gasteiger charge is -2.33. The van der Waals surface area contributed by atoms with E-state index in [1.165, 1.54) is 0 Å². The molecule has 92 valence electrons. The maximum atomic E-state index is 11.9. The van der Waals surface area contributed by atoms with Crippen molar-refractivity contribution >= 4 is 11.6 Å². The minimum Gasteiger partial charge on any atom is -0.326 e. The normalized spacial score (nSPS) is 22.1. The van der Waals surface area contributed by atoms with Gasteiger partial charge in [-0.1, -0.05) is 18.2 Å². The van der Waals surface area contributed by atoms with Gasteiger partial charge in [-0.05, 0) is 26.0 Å². The van der Waals surface area contributed by atoms with Crippen LogP contribution < -0.4 is 10.7 Å². The van der Waals surface area contributed by atoms with E-state index in [9.17, 15) is 4.79 Å². The molecule has 0 aliphatic carbocycles. The molecule has 2 atom stereocenters. The van der Waals surface area contributed by atoms with Gasteiger partial charge < -0.3 is 5.73 Å². The van der Waals surface area contributed by atoms with Crippen LogP contribution in [0.1, 0.15) is 20.3 Å². The Morgan fingerprint density at radius 3 is 2.65 bits per heavy atom. The van der Waals surface area contributed by atoms with Crippen LogP contribution in [0.5, 0.6) is 0 Å².